The predicted molar refractivity (Wildman–Crippen MR) is 122 cm³/mol. The zero-order valence-corrected chi connectivity index (χ0v) is 18.5. The van der Waals surface area contributed by atoms with E-state index in [1.165, 1.54) is 32.1 Å². The normalized spacial score (nSPS) is 14.5. The van der Waals surface area contributed by atoms with Crippen molar-refractivity contribution in [3.63, 3.8) is 0 Å². The van der Waals surface area contributed by atoms with Crippen LogP contribution in [0.2, 0.25) is 0 Å². The minimum absolute atomic E-state index is 0.293. The molecule has 154 valence electrons. The van der Waals surface area contributed by atoms with Crippen molar-refractivity contribution in [1.82, 2.24) is 10.3 Å². The van der Waals surface area contributed by atoms with E-state index >= 15 is 0 Å². The molecule has 1 heterocycles. The summed E-state index contributed by atoms with van der Waals surface area (Å²) in [5, 5.41) is 14.6. The number of aromatic carboxylic acids is 1. The number of hydrogen-bond acceptors (Lipinski definition) is 5. The van der Waals surface area contributed by atoms with Crippen molar-refractivity contribution >= 4 is 35.2 Å². The number of hydrogen-bond donors (Lipinski definition) is 2. The summed E-state index contributed by atoms with van der Waals surface area (Å²) in [7, 11) is 0. The molecule has 1 fully saturated rings. The number of carboxylic acids is 1. The molecule has 6 heteroatoms. The maximum Gasteiger partial charge on any atom is 0.335 e. The summed E-state index contributed by atoms with van der Waals surface area (Å²) in [6.45, 7) is 6.47. The zero-order valence-electron chi connectivity index (χ0n) is 16.8. The molecule has 0 unspecified atom stereocenters. The van der Waals surface area contributed by atoms with Crippen LogP contribution < -0.4 is 5.32 Å². The molecule has 0 atom stereocenters. The first-order chi connectivity index (χ1) is 14.1. The summed E-state index contributed by atoms with van der Waals surface area (Å²) < 4.78 is 0. The number of nitrogens with zero attached hydrogens (tertiary/aromatic N) is 1. The average molecular weight is 429 g/mol. The third-order valence-electron chi connectivity index (χ3n) is 4.91. The molecular formula is C23H28N2O2S2. The van der Waals surface area contributed by atoms with Gasteiger partial charge in [-0.3, -0.25) is 0 Å². The van der Waals surface area contributed by atoms with E-state index in [0.717, 1.165) is 38.4 Å². The molecule has 0 saturated heterocycles. The Bertz CT molecular complexity index is 846. The van der Waals surface area contributed by atoms with E-state index in [9.17, 15) is 4.79 Å². The van der Waals surface area contributed by atoms with Gasteiger partial charge < -0.3 is 10.4 Å². The Kier molecular flexibility index (Phi) is 8.07. The van der Waals surface area contributed by atoms with E-state index in [0.29, 0.717) is 11.6 Å². The summed E-state index contributed by atoms with van der Waals surface area (Å²) >= 11 is 3.31. The van der Waals surface area contributed by atoms with Crippen molar-refractivity contribution in [3.05, 3.63) is 54.1 Å². The van der Waals surface area contributed by atoms with Crippen LogP contribution in [0.25, 0.3) is 5.70 Å². The largest absolute Gasteiger partial charge is 0.478 e. The Hall–Kier alpha value is -1.92. The molecular weight excluding hydrogens is 400 g/mol. The average Bonchev–Trinajstić information content (AvgIpc) is 2.73. The van der Waals surface area contributed by atoms with E-state index < -0.39 is 5.97 Å². The van der Waals surface area contributed by atoms with Gasteiger partial charge in [-0.25, -0.2) is 9.78 Å². The fraction of sp³-hybridized carbons (Fsp3) is 0.391. The van der Waals surface area contributed by atoms with Gasteiger partial charge in [0, 0.05) is 22.2 Å². The highest BCUT2D eigenvalue weighted by molar-refractivity contribution is 8.00. The van der Waals surface area contributed by atoms with Gasteiger partial charge in [-0.15, -0.1) is 11.8 Å². The van der Waals surface area contributed by atoms with Crippen LogP contribution in [0.1, 0.15) is 61.4 Å². The lowest BCUT2D eigenvalue weighted by atomic mass is 9.95. The first kappa shape index (κ1) is 21.8. The SMILES string of the molecule is C=C(NC1CCCCC1)c1ccc(Sc2ccc(C(=O)O)cc2)nc1SCCC. The number of aromatic nitrogens is 1. The van der Waals surface area contributed by atoms with Crippen molar-refractivity contribution in [2.45, 2.75) is 66.4 Å². The molecule has 1 aromatic carbocycles. The number of nitrogens with one attached hydrogen (secondary N) is 1. The van der Waals surface area contributed by atoms with Gasteiger partial charge in [-0.05, 0) is 61.4 Å². The van der Waals surface area contributed by atoms with Crippen LogP contribution in [0.5, 0.6) is 0 Å². The topological polar surface area (TPSA) is 62.2 Å². The maximum atomic E-state index is 11.0. The molecule has 2 N–H and O–H groups in total. The Morgan fingerprint density at radius 3 is 2.55 bits per heavy atom. The van der Waals surface area contributed by atoms with E-state index in [1.54, 1.807) is 35.7 Å². The van der Waals surface area contributed by atoms with Gasteiger partial charge in [-0.2, -0.15) is 0 Å². The van der Waals surface area contributed by atoms with Crippen LogP contribution in [-0.4, -0.2) is 27.9 Å². The molecule has 29 heavy (non-hydrogen) atoms. The van der Waals surface area contributed by atoms with Crippen LogP contribution in [0.15, 0.2) is 57.9 Å². The van der Waals surface area contributed by atoms with Gasteiger partial charge in [0.2, 0.25) is 0 Å². The third-order valence-corrected chi connectivity index (χ3v) is 7.05. The highest BCUT2D eigenvalue weighted by Gasteiger charge is 2.16. The lowest BCUT2D eigenvalue weighted by Gasteiger charge is -2.25. The zero-order chi connectivity index (χ0) is 20.6. The van der Waals surface area contributed by atoms with E-state index in [2.05, 4.69) is 24.9 Å². The predicted octanol–water partition coefficient (Wildman–Crippen LogP) is 6.33. The number of rotatable bonds is 9. The molecule has 2 aromatic rings. The quantitative estimate of drug-likeness (QED) is 0.455. The second-order valence-electron chi connectivity index (χ2n) is 7.24. The van der Waals surface area contributed by atoms with Crippen LogP contribution in [0, 0.1) is 0 Å². The van der Waals surface area contributed by atoms with E-state index in [-0.39, 0.29) is 0 Å². The minimum Gasteiger partial charge on any atom is -0.478 e. The first-order valence-corrected chi connectivity index (χ1v) is 12.0. The number of thioether (sulfide) groups is 1. The Morgan fingerprint density at radius 2 is 1.90 bits per heavy atom. The Morgan fingerprint density at radius 1 is 1.17 bits per heavy atom. The van der Waals surface area contributed by atoms with Crippen molar-refractivity contribution in [2.75, 3.05) is 5.75 Å². The van der Waals surface area contributed by atoms with Gasteiger partial charge in [0.15, 0.2) is 0 Å². The summed E-state index contributed by atoms with van der Waals surface area (Å²) in [6.07, 6.45) is 7.42. The van der Waals surface area contributed by atoms with Crippen molar-refractivity contribution in [1.29, 1.82) is 0 Å². The van der Waals surface area contributed by atoms with Gasteiger partial charge in [0.25, 0.3) is 0 Å². The Balaban J connectivity index is 1.75. The second-order valence-corrected chi connectivity index (χ2v) is 9.42. The lowest BCUT2D eigenvalue weighted by Crippen LogP contribution is -2.29. The van der Waals surface area contributed by atoms with Crippen molar-refractivity contribution in [2.24, 2.45) is 0 Å². The number of carboxylic acid groups (broad SMARTS) is 1. The molecule has 0 aliphatic heterocycles. The monoisotopic (exact) mass is 428 g/mol. The second kappa shape index (κ2) is 10.7. The van der Waals surface area contributed by atoms with Gasteiger partial charge >= 0.3 is 5.97 Å². The van der Waals surface area contributed by atoms with Crippen molar-refractivity contribution in [3.8, 4) is 0 Å². The summed E-state index contributed by atoms with van der Waals surface area (Å²) in [5.74, 6) is 0.101. The lowest BCUT2D eigenvalue weighted by molar-refractivity contribution is 0.0697. The highest BCUT2D eigenvalue weighted by atomic mass is 32.2. The minimum atomic E-state index is -0.911. The molecule has 0 bridgehead atoms. The molecule has 1 aromatic heterocycles. The molecule has 0 radical (unpaired) electrons. The van der Waals surface area contributed by atoms with Crippen LogP contribution in [-0.2, 0) is 0 Å². The molecule has 4 nitrogen and oxygen atoms in total. The summed E-state index contributed by atoms with van der Waals surface area (Å²) in [6, 6.07) is 11.6. The number of benzene rings is 1. The first-order valence-electron chi connectivity index (χ1n) is 10.2. The Labute approximate surface area is 181 Å². The van der Waals surface area contributed by atoms with Gasteiger partial charge in [0.1, 0.15) is 10.1 Å². The van der Waals surface area contributed by atoms with Crippen LogP contribution in [0.3, 0.4) is 0 Å². The maximum absolute atomic E-state index is 11.0. The number of pyridine rings is 1. The molecule has 0 spiro atoms. The molecule has 1 aliphatic rings. The fourth-order valence-corrected chi connectivity index (χ4v) is 5.13. The highest BCUT2D eigenvalue weighted by Crippen LogP contribution is 2.32. The fourth-order valence-electron chi connectivity index (χ4n) is 3.38. The van der Waals surface area contributed by atoms with E-state index in [1.807, 2.05) is 18.2 Å². The van der Waals surface area contributed by atoms with Crippen LogP contribution >= 0.6 is 23.5 Å². The summed E-state index contributed by atoms with van der Waals surface area (Å²) in [5.41, 5.74) is 2.34. The molecule has 0 amide bonds. The van der Waals surface area contributed by atoms with Crippen molar-refractivity contribution < 1.29 is 9.90 Å². The third kappa shape index (κ3) is 6.28. The standard InChI is InChI=1S/C23H28N2O2S2/c1-3-15-28-22-20(16(2)24-18-7-5-4-6-8-18)13-14-21(25-22)29-19-11-9-17(10-12-19)23(26)27/h9-14,18,24H,2-8,15H2,1H3,(H,26,27). The number of carbonyl (C=O) groups is 1. The van der Waals surface area contributed by atoms with Gasteiger partial charge in [-0.1, -0.05) is 44.5 Å². The van der Waals surface area contributed by atoms with Gasteiger partial charge in [0.05, 0.1) is 5.56 Å². The molecule has 3 rings (SSSR count). The summed E-state index contributed by atoms with van der Waals surface area (Å²) in [4.78, 5) is 16.9. The van der Waals surface area contributed by atoms with Crippen LogP contribution in [0.4, 0.5) is 0 Å². The molecule has 1 aliphatic carbocycles. The molecule has 1 saturated carbocycles. The smallest absolute Gasteiger partial charge is 0.335 e. The van der Waals surface area contributed by atoms with E-state index in [4.69, 9.17) is 10.1 Å².